The molecule has 2 amide bonds. The maximum Gasteiger partial charge on any atom is 0.501 e. The number of rotatable bonds is 24. The Morgan fingerprint density at radius 1 is 0.831 bits per heavy atom. The van der Waals surface area contributed by atoms with Crippen molar-refractivity contribution < 1.29 is 39.6 Å². The lowest BCUT2D eigenvalue weighted by Gasteiger charge is -2.39. The molecule has 6 rings (SSSR count). The van der Waals surface area contributed by atoms with E-state index < -0.39 is 52.8 Å². The molecule has 1 atom stereocenters. The number of thioether (sulfide) groups is 1. The van der Waals surface area contributed by atoms with Crippen molar-refractivity contribution in [1.29, 1.82) is 0 Å². The first-order valence-electron chi connectivity index (χ1n) is 24.8. The molecule has 0 saturated carbocycles. The topological polar surface area (TPSA) is 165 Å². The molecule has 3 aliphatic rings. The summed E-state index contributed by atoms with van der Waals surface area (Å²) in [6.45, 7) is 20.0. The number of allylic oxidation sites excluding steroid dienone is 2. The molecule has 2 saturated heterocycles. The van der Waals surface area contributed by atoms with E-state index in [-0.39, 0.29) is 16.9 Å². The van der Waals surface area contributed by atoms with E-state index in [0.29, 0.717) is 31.2 Å². The fourth-order valence-electron chi connectivity index (χ4n) is 9.40. The number of benzene rings is 3. The summed E-state index contributed by atoms with van der Waals surface area (Å²) in [5.74, 6) is -0.986. The number of anilines is 2. The summed E-state index contributed by atoms with van der Waals surface area (Å²) in [6.07, 6.45) is 8.93. The number of hydrogen-bond donors (Lipinski definition) is 3. The molecule has 2 heterocycles. The predicted molar refractivity (Wildman–Crippen MR) is 278 cm³/mol. The normalized spacial score (nSPS) is 18.0. The van der Waals surface area contributed by atoms with Crippen LogP contribution in [0, 0.1) is 5.41 Å². The van der Waals surface area contributed by atoms with E-state index in [1.54, 1.807) is 12.1 Å². The number of primary amides is 1. The molecule has 1 aliphatic carbocycles. The molecule has 19 heteroatoms. The third-order valence-corrected chi connectivity index (χ3v) is 17.8. The zero-order valence-electron chi connectivity index (χ0n) is 41.4. The van der Waals surface area contributed by atoms with Gasteiger partial charge in [0.15, 0.2) is 0 Å². The van der Waals surface area contributed by atoms with Crippen molar-refractivity contribution in [3.05, 3.63) is 102 Å². The lowest BCUT2D eigenvalue weighted by molar-refractivity contribution is -0.118. The summed E-state index contributed by atoms with van der Waals surface area (Å²) in [7, 11) is -10.9. The molecule has 0 radical (unpaired) electrons. The van der Waals surface area contributed by atoms with Crippen molar-refractivity contribution >= 4 is 54.8 Å². The van der Waals surface area contributed by atoms with E-state index in [9.17, 15) is 39.6 Å². The number of carbonyl (C=O) groups excluding carboxylic acids is 2. The minimum atomic E-state index is -6.08. The molecule has 3 aromatic carbocycles. The number of amides is 2. The van der Waals surface area contributed by atoms with Gasteiger partial charge in [-0.15, -0.1) is 11.8 Å². The Kier molecular flexibility index (Phi) is 19.7. The molecule has 71 heavy (non-hydrogen) atoms. The molecule has 2 fully saturated rings. The highest BCUT2D eigenvalue weighted by Crippen LogP contribution is 2.42. The zero-order valence-corrected chi connectivity index (χ0v) is 43.9. The number of nitrogens with two attached hydrogens (primary N) is 1. The van der Waals surface area contributed by atoms with Crippen LogP contribution in [0.5, 0.6) is 0 Å². The van der Waals surface area contributed by atoms with Crippen molar-refractivity contribution in [2.75, 3.05) is 88.0 Å². The van der Waals surface area contributed by atoms with Gasteiger partial charge in [-0.1, -0.05) is 63.1 Å². The number of sulfone groups is 1. The number of unbranched alkanes of at least 4 members (excludes halogenated alkanes) is 2. The number of sulfonamides is 1. The summed E-state index contributed by atoms with van der Waals surface area (Å²) in [4.78, 5) is 32.6. The van der Waals surface area contributed by atoms with E-state index in [1.165, 1.54) is 40.6 Å². The fraction of sp³-hybridized carbons (Fsp3) is 0.538. The number of piperazine rings is 2. The molecule has 3 aromatic rings. The maximum atomic E-state index is 14.3. The average Bonchev–Trinajstić information content (AvgIpc) is 3.33. The minimum absolute atomic E-state index is 0.000694. The van der Waals surface area contributed by atoms with Crippen LogP contribution in [0.1, 0.15) is 95.3 Å². The van der Waals surface area contributed by atoms with Gasteiger partial charge in [0.25, 0.3) is 25.8 Å². The van der Waals surface area contributed by atoms with Crippen LogP contribution in [-0.2, 0) is 24.7 Å². The molecule has 0 aromatic heterocycles. The molecule has 390 valence electrons. The predicted octanol–water partition coefficient (Wildman–Crippen LogP) is 8.71. The molecule has 13 nitrogen and oxygen atoms in total. The highest BCUT2D eigenvalue weighted by atomic mass is 32.2. The maximum absolute atomic E-state index is 14.3. The van der Waals surface area contributed by atoms with E-state index >= 15 is 0 Å². The van der Waals surface area contributed by atoms with Gasteiger partial charge in [0.1, 0.15) is 4.90 Å². The van der Waals surface area contributed by atoms with Gasteiger partial charge in [0.05, 0.1) is 10.6 Å². The van der Waals surface area contributed by atoms with Crippen LogP contribution in [0.15, 0.2) is 111 Å². The molecule has 0 unspecified atom stereocenters. The largest absolute Gasteiger partial charge is 0.501 e. The highest BCUT2D eigenvalue weighted by Gasteiger charge is 2.48. The SMILES string of the molecule is C=C(CCCC)C1=C(CN2CCN(c3ccc(C(=O)NS(=O)(=O)c4ccc(N[C@H](CCN5CCN(CCCCC(N)=O)CC5)CSc5ccccc5)c(S(=O)(=O)C(F)(F)F)c4)cc3)CC2)CCC(C)(C)C1. The van der Waals surface area contributed by atoms with Crippen LogP contribution in [0.2, 0.25) is 0 Å². The Hall–Kier alpha value is -4.40. The third kappa shape index (κ3) is 16.0. The number of nitrogens with zero attached hydrogens (tertiary/aromatic N) is 4. The monoisotopic (exact) mass is 1040 g/mol. The number of alkyl halides is 3. The van der Waals surface area contributed by atoms with E-state index in [2.05, 4.69) is 52.3 Å². The van der Waals surface area contributed by atoms with Crippen LogP contribution in [0.25, 0.3) is 0 Å². The molecule has 0 bridgehead atoms. The second-order valence-electron chi connectivity index (χ2n) is 19.8. The Labute approximate surface area is 423 Å². The smallest absolute Gasteiger partial charge is 0.380 e. The van der Waals surface area contributed by atoms with Gasteiger partial charge in [0.2, 0.25) is 5.91 Å². The molecular weight excluding hydrogens is 972 g/mol. The first-order valence-corrected chi connectivity index (χ1v) is 28.8. The first kappa shape index (κ1) is 55.9. The van der Waals surface area contributed by atoms with E-state index in [4.69, 9.17) is 5.73 Å². The average molecular weight is 1040 g/mol. The van der Waals surface area contributed by atoms with Crippen LogP contribution >= 0.6 is 11.8 Å². The number of halogens is 3. The van der Waals surface area contributed by atoms with Gasteiger partial charge in [-0.3, -0.25) is 14.5 Å². The molecular formula is C52H72F3N7O6S3. The minimum Gasteiger partial charge on any atom is -0.380 e. The molecule has 0 spiro atoms. The summed E-state index contributed by atoms with van der Waals surface area (Å²) >= 11 is 1.45. The van der Waals surface area contributed by atoms with Crippen molar-refractivity contribution in [2.45, 2.75) is 111 Å². The lowest BCUT2D eigenvalue weighted by Crippen LogP contribution is -2.47. The van der Waals surface area contributed by atoms with Crippen molar-refractivity contribution in [1.82, 2.24) is 19.4 Å². The van der Waals surface area contributed by atoms with Crippen molar-refractivity contribution in [3.8, 4) is 0 Å². The van der Waals surface area contributed by atoms with Crippen LogP contribution in [-0.4, -0.2) is 133 Å². The summed E-state index contributed by atoms with van der Waals surface area (Å²) in [5, 5.41) is 3.03. The molecule has 2 aliphatic heterocycles. The Morgan fingerprint density at radius 2 is 1.48 bits per heavy atom. The van der Waals surface area contributed by atoms with Gasteiger partial charge in [-0.05, 0) is 123 Å². The lowest BCUT2D eigenvalue weighted by atomic mass is 9.72. The number of nitrogens with one attached hydrogen (secondary N) is 2. The Balaban J connectivity index is 1.10. The van der Waals surface area contributed by atoms with Crippen LogP contribution < -0.4 is 20.7 Å². The second-order valence-corrected chi connectivity index (χ2v) is 24.5. The summed E-state index contributed by atoms with van der Waals surface area (Å²) in [6, 6.07) is 17.8. The Bertz CT molecular complexity index is 2540. The fourth-order valence-corrected chi connectivity index (χ4v) is 12.4. The number of hydrogen-bond acceptors (Lipinski definition) is 12. The molecule has 4 N–H and O–H groups in total. The first-order chi connectivity index (χ1) is 33.6. The third-order valence-electron chi connectivity index (χ3n) is 13.8. The van der Waals surface area contributed by atoms with Gasteiger partial charge >= 0.3 is 5.51 Å². The van der Waals surface area contributed by atoms with E-state index in [1.807, 2.05) is 35.1 Å². The quantitative estimate of drug-likeness (QED) is 0.0578. The summed E-state index contributed by atoms with van der Waals surface area (Å²) < 4.78 is 98.6. The van der Waals surface area contributed by atoms with Crippen LogP contribution in [0.3, 0.4) is 0 Å². The van der Waals surface area contributed by atoms with Crippen molar-refractivity contribution in [2.24, 2.45) is 11.1 Å². The van der Waals surface area contributed by atoms with E-state index in [0.717, 1.165) is 140 Å². The standard InChI is InChI=1S/C52H72F3N7O6S3/c1-5-6-12-39(2)46-36-51(3,4)24-22-41(46)37-61-31-33-62(34-32-61)43-18-16-40(17-19-43)50(64)58-71(67,68)45-20-21-47(48(35-45)70(65,66)52(53,54)55)57-42(38-69-44-13-8-7-9-14-44)23-26-60-29-27-59(28-30-60)25-11-10-15-49(56)63/h7-9,13-14,16-21,35,42,57H,2,5-6,10-12,15,22-34,36-38H2,1,3-4H3,(H2,56,63)(H,58,64)/t42-/m1/s1. The van der Waals surface area contributed by atoms with Gasteiger partial charge in [-0.25, -0.2) is 21.6 Å². The Morgan fingerprint density at radius 3 is 2.11 bits per heavy atom. The zero-order chi connectivity index (χ0) is 51.4. The summed E-state index contributed by atoms with van der Waals surface area (Å²) in [5.41, 5.74) is 4.44. The van der Waals surface area contributed by atoms with Crippen LogP contribution in [0.4, 0.5) is 24.5 Å². The van der Waals surface area contributed by atoms with Crippen molar-refractivity contribution in [3.63, 3.8) is 0 Å². The van der Waals surface area contributed by atoms with Gasteiger partial charge in [0, 0.05) is 99.8 Å². The van der Waals surface area contributed by atoms with Gasteiger partial charge < -0.3 is 25.8 Å². The number of carbonyl (C=O) groups is 2. The second kappa shape index (κ2) is 25.0. The highest BCUT2D eigenvalue weighted by molar-refractivity contribution is 7.99. The van der Waals surface area contributed by atoms with Gasteiger partial charge in [-0.2, -0.15) is 13.2 Å².